The molecular formula is C24H28F2N8O. The lowest BCUT2D eigenvalue weighted by Crippen LogP contribution is -2.24. The Balaban J connectivity index is 0.000000371. The number of likely N-dealkylation sites (tertiary alicyclic amines) is 1. The minimum atomic E-state index is -2.28. The van der Waals surface area contributed by atoms with E-state index in [1.165, 1.54) is 6.20 Å². The van der Waals surface area contributed by atoms with Crippen LogP contribution in [0, 0.1) is 0 Å². The number of rotatable bonds is 4. The van der Waals surface area contributed by atoms with Crippen LogP contribution in [0.2, 0.25) is 0 Å². The van der Waals surface area contributed by atoms with Gasteiger partial charge >= 0.3 is 0 Å². The lowest BCUT2D eigenvalue weighted by Gasteiger charge is -2.23. The molecule has 3 N–H and O–H groups in total. The van der Waals surface area contributed by atoms with Crippen molar-refractivity contribution >= 4 is 28.4 Å². The molecule has 1 saturated heterocycles. The van der Waals surface area contributed by atoms with Gasteiger partial charge in [0.2, 0.25) is 5.92 Å². The van der Waals surface area contributed by atoms with Crippen LogP contribution in [0.4, 0.5) is 14.6 Å². The summed E-state index contributed by atoms with van der Waals surface area (Å²) >= 11 is 0. The molecule has 1 aliphatic carbocycles. The first kappa shape index (κ1) is 23.2. The van der Waals surface area contributed by atoms with E-state index in [1.54, 1.807) is 4.52 Å². The molecule has 5 heterocycles. The summed E-state index contributed by atoms with van der Waals surface area (Å²) in [5.74, 6) is -2.10. The van der Waals surface area contributed by atoms with E-state index < -0.39 is 11.8 Å². The van der Waals surface area contributed by atoms with Gasteiger partial charge in [-0.05, 0) is 38.6 Å². The predicted octanol–water partition coefficient (Wildman–Crippen LogP) is 3.57. The van der Waals surface area contributed by atoms with Crippen LogP contribution in [0.3, 0.4) is 0 Å². The highest BCUT2D eigenvalue weighted by atomic mass is 19.3. The second-order valence-corrected chi connectivity index (χ2v) is 9.17. The van der Waals surface area contributed by atoms with Crippen LogP contribution in [0.25, 0.3) is 27.9 Å². The first-order valence-corrected chi connectivity index (χ1v) is 11.7. The van der Waals surface area contributed by atoms with Crippen molar-refractivity contribution in [2.45, 2.75) is 37.6 Å². The standard InChI is InChI=1S/C20H22N8O.C4H6F2/c1-22-17-8-16(25-20-14(18(21)29)9-24-28(17)20)15-11-27(12-5-7-26(2)10-12)19-13(15)4-3-6-23-19;5-4(6)2-1-3-4/h3-4,6,8-9,11-12,22H,5,7,10H2,1-2H3,(H2,21,29);1-3H2. The molecule has 1 unspecified atom stereocenters. The largest absolute Gasteiger partial charge is 0.373 e. The molecule has 11 heteroatoms. The Morgan fingerprint density at radius 3 is 2.66 bits per heavy atom. The third kappa shape index (κ3) is 4.31. The molecular weight excluding hydrogens is 454 g/mol. The molecule has 2 fully saturated rings. The van der Waals surface area contributed by atoms with E-state index in [9.17, 15) is 13.6 Å². The Morgan fingerprint density at radius 2 is 2.06 bits per heavy atom. The summed E-state index contributed by atoms with van der Waals surface area (Å²) in [5, 5.41) is 8.41. The normalized spacial score (nSPS) is 19.4. The van der Waals surface area contributed by atoms with E-state index in [0.29, 0.717) is 23.7 Å². The van der Waals surface area contributed by atoms with Crippen molar-refractivity contribution in [2.24, 2.45) is 5.73 Å². The number of likely N-dealkylation sites (N-methyl/N-ethyl adjacent to an activating group) is 1. The number of primary amides is 1. The molecule has 0 spiro atoms. The second kappa shape index (κ2) is 8.88. The highest BCUT2D eigenvalue weighted by Crippen LogP contribution is 2.36. The van der Waals surface area contributed by atoms with Crippen molar-refractivity contribution < 1.29 is 13.6 Å². The number of nitrogens with zero attached hydrogens (tertiary/aromatic N) is 6. The number of halogens is 2. The number of carbonyl (C=O) groups excluding carboxylic acids is 1. The molecule has 0 radical (unpaired) electrons. The molecule has 35 heavy (non-hydrogen) atoms. The molecule has 1 atom stereocenters. The number of aromatic nitrogens is 5. The average Bonchev–Trinajstić information content (AvgIpc) is 3.54. The number of hydrogen-bond donors (Lipinski definition) is 2. The summed E-state index contributed by atoms with van der Waals surface area (Å²) in [4.78, 5) is 23.6. The maximum atomic E-state index is 11.8. The Hall–Kier alpha value is -3.60. The zero-order chi connectivity index (χ0) is 24.7. The van der Waals surface area contributed by atoms with Crippen molar-refractivity contribution in [3.8, 4) is 11.3 Å². The van der Waals surface area contributed by atoms with Gasteiger partial charge in [-0.1, -0.05) is 0 Å². The average molecular weight is 483 g/mol. The van der Waals surface area contributed by atoms with E-state index >= 15 is 0 Å². The van der Waals surface area contributed by atoms with Gasteiger partial charge in [-0.15, -0.1) is 0 Å². The number of fused-ring (bicyclic) bond motifs is 2. The maximum Gasteiger partial charge on any atom is 0.254 e. The molecule has 1 saturated carbocycles. The summed E-state index contributed by atoms with van der Waals surface area (Å²) in [5.41, 5.74) is 8.91. The van der Waals surface area contributed by atoms with Crippen molar-refractivity contribution in [3.05, 3.63) is 42.4 Å². The lowest BCUT2D eigenvalue weighted by atomic mass is 9.95. The Labute approximate surface area is 200 Å². The minimum absolute atomic E-state index is 0.118. The number of alkyl halides is 2. The van der Waals surface area contributed by atoms with Gasteiger partial charge in [-0.3, -0.25) is 4.79 Å². The summed E-state index contributed by atoms with van der Waals surface area (Å²) < 4.78 is 26.9. The monoisotopic (exact) mass is 482 g/mol. The van der Waals surface area contributed by atoms with Crippen LogP contribution in [0.5, 0.6) is 0 Å². The predicted molar refractivity (Wildman–Crippen MR) is 130 cm³/mol. The fraction of sp³-hybridized carbons (Fsp3) is 0.417. The number of anilines is 1. The summed E-state index contributed by atoms with van der Waals surface area (Å²) in [6.45, 7) is 2.06. The fourth-order valence-corrected chi connectivity index (χ4v) is 4.60. The fourth-order valence-electron chi connectivity index (χ4n) is 4.60. The smallest absolute Gasteiger partial charge is 0.254 e. The third-order valence-corrected chi connectivity index (χ3v) is 6.70. The molecule has 1 amide bonds. The molecule has 6 rings (SSSR count). The van der Waals surface area contributed by atoms with E-state index in [-0.39, 0.29) is 12.8 Å². The topological polar surface area (TPSA) is 106 Å². The van der Waals surface area contributed by atoms with E-state index in [4.69, 9.17) is 10.7 Å². The molecule has 0 aromatic carbocycles. The van der Waals surface area contributed by atoms with Crippen LogP contribution < -0.4 is 11.1 Å². The van der Waals surface area contributed by atoms with Crippen LogP contribution in [0.15, 0.2) is 36.8 Å². The highest BCUT2D eigenvalue weighted by Gasteiger charge is 2.36. The van der Waals surface area contributed by atoms with E-state index in [2.05, 4.69) is 44.2 Å². The van der Waals surface area contributed by atoms with Crippen LogP contribution in [0.1, 0.15) is 42.1 Å². The van der Waals surface area contributed by atoms with Crippen LogP contribution in [-0.4, -0.2) is 68.1 Å². The SMILES string of the molecule is CNc1cc(-c2cn(C3CCN(C)C3)c3ncccc23)nc2c(C(N)=O)cnn12.FC1(F)CCC1. The number of nitrogens with one attached hydrogen (secondary N) is 1. The van der Waals surface area contributed by atoms with Crippen molar-refractivity contribution in [1.82, 2.24) is 29.0 Å². The third-order valence-electron chi connectivity index (χ3n) is 6.70. The van der Waals surface area contributed by atoms with Gasteiger partial charge in [0.25, 0.3) is 5.91 Å². The van der Waals surface area contributed by atoms with Crippen LogP contribution >= 0.6 is 0 Å². The van der Waals surface area contributed by atoms with Crippen LogP contribution in [-0.2, 0) is 0 Å². The zero-order valence-corrected chi connectivity index (χ0v) is 19.7. The van der Waals surface area contributed by atoms with Gasteiger partial charge < -0.3 is 20.5 Å². The van der Waals surface area contributed by atoms with Crippen molar-refractivity contribution in [1.29, 1.82) is 0 Å². The molecule has 9 nitrogen and oxygen atoms in total. The molecule has 2 aliphatic rings. The van der Waals surface area contributed by atoms with Gasteiger partial charge in [-0.25, -0.2) is 18.7 Å². The number of carbonyl (C=O) groups is 1. The molecule has 4 aromatic rings. The Kier molecular flexibility index (Phi) is 5.87. The maximum absolute atomic E-state index is 11.8. The quantitative estimate of drug-likeness (QED) is 0.461. The molecule has 0 bridgehead atoms. The second-order valence-electron chi connectivity index (χ2n) is 9.17. The van der Waals surface area contributed by atoms with Gasteiger partial charge in [0.15, 0.2) is 5.65 Å². The van der Waals surface area contributed by atoms with Gasteiger partial charge in [0.1, 0.15) is 17.0 Å². The minimum Gasteiger partial charge on any atom is -0.373 e. The number of pyridine rings is 1. The van der Waals surface area contributed by atoms with E-state index in [0.717, 1.165) is 47.6 Å². The number of hydrogen-bond acceptors (Lipinski definition) is 6. The summed E-state index contributed by atoms with van der Waals surface area (Å²) in [7, 11) is 3.95. The first-order valence-electron chi connectivity index (χ1n) is 11.7. The van der Waals surface area contributed by atoms with Gasteiger partial charge in [-0.2, -0.15) is 9.61 Å². The highest BCUT2D eigenvalue weighted by molar-refractivity contribution is 6.00. The number of nitrogens with two attached hydrogens (primary N) is 1. The number of amides is 1. The lowest BCUT2D eigenvalue weighted by molar-refractivity contribution is -0.0717. The zero-order valence-electron chi connectivity index (χ0n) is 19.7. The Morgan fingerprint density at radius 1 is 1.29 bits per heavy atom. The molecule has 1 aliphatic heterocycles. The van der Waals surface area contributed by atoms with Crippen molar-refractivity contribution in [3.63, 3.8) is 0 Å². The molecule has 4 aromatic heterocycles. The summed E-state index contributed by atoms with van der Waals surface area (Å²) in [6.07, 6.45) is 7.43. The van der Waals surface area contributed by atoms with Gasteiger partial charge in [0.05, 0.1) is 11.9 Å². The molecule has 184 valence electrons. The van der Waals surface area contributed by atoms with Gasteiger partial charge in [0, 0.05) is 61.9 Å². The van der Waals surface area contributed by atoms with E-state index in [1.807, 2.05) is 25.4 Å². The Bertz CT molecular complexity index is 1390. The van der Waals surface area contributed by atoms with Crippen molar-refractivity contribution in [2.75, 3.05) is 32.5 Å². The summed E-state index contributed by atoms with van der Waals surface area (Å²) in [6, 6.07) is 6.29. The first-order chi connectivity index (χ1) is 16.8.